The molecule has 0 aromatic heterocycles. The van der Waals surface area contributed by atoms with Gasteiger partial charge in [-0.15, -0.1) is 0 Å². The van der Waals surface area contributed by atoms with Crippen LogP contribution in [0, 0.1) is 11.8 Å². The Hall–Kier alpha value is -0.120. The molecule has 3 nitrogen and oxygen atoms in total. The Kier molecular flexibility index (Phi) is 2.63. The summed E-state index contributed by atoms with van der Waals surface area (Å²) in [6.07, 6.45) is 3.83. The molecule has 0 spiro atoms. The lowest BCUT2D eigenvalue weighted by Gasteiger charge is -2.22. The second-order valence-corrected chi connectivity index (χ2v) is 3.70. The summed E-state index contributed by atoms with van der Waals surface area (Å²) in [7, 11) is 0. The molecule has 1 saturated heterocycles. The van der Waals surface area contributed by atoms with Crippen molar-refractivity contribution in [1.82, 2.24) is 0 Å². The highest BCUT2D eigenvalue weighted by molar-refractivity contribution is 4.81. The van der Waals surface area contributed by atoms with Gasteiger partial charge in [-0.2, -0.15) is 0 Å². The molecule has 2 atom stereocenters. The van der Waals surface area contributed by atoms with Crippen molar-refractivity contribution in [3.8, 4) is 0 Å². The van der Waals surface area contributed by atoms with E-state index in [4.69, 9.17) is 15.2 Å². The Labute approximate surface area is 73.2 Å². The normalized spacial score (nSPS) is 37.8. The lowest BCUT2D eigenvalue weighted by atomic mass is 9.96. The van der Waals surface area contributed by atoms with Gasteiger partial charge in [-0.3, -0.25) is 0 Å². The molecule has 2 aliphatic rings. The van der Waals surface area contributed by atoms with E-state index in [1.165, 1.54) is 19.3 Å². The van der Waals surface area contributed by atoms with Crippen LogP contribution in [0.1, 0.15) is 19.3 Å². The number of hydrogen-bond acceptors (Lipinski definition) is 3. The monoisotopic (exact) mass is 171 g/mol. The van der Waals surface area contributed by atoms with E-state index in [9.17, 15) is 0 Å². The quantitative estimate of drug-likeness (QED) is 0.666. The molecule has 1 aliphatic carbocycles. The minimum Gasteiger partial charge on any atom is -0.350 e. The molecule has 12 heavy (non-hydrogen) atoms. The molecule has 1 aliphatic heterocycles. The third-order valence-corrected chi connectivity index (χ3v) is 3.02. The van der Waals surface area contributed by atoms with E-state index in [0.717, 1.165) is 19.8 Å². The molecule has 1 saturated carbocycles. The Morgan fingerprint density at radius 2 is 1.92 bits per heavy atom. The van der Waals surface area contributed by atoms with Crippen molar-refractivity contribution in [1.29, 1.82) is 0 Å². The van der Waals surface area contributed by atoms with Gasteiger partial charge in [0, 0.05) is 5.92 Å². The summed E-state index contributed by atoms with van der Waals surface area (Å²) in [6, 6.07) is 0. The summed E-state index contributed by atoms with van der Waals surface area (Å²) in [5.41, 5.74) is 5.68. The van der Waals surface area contributed by atoms with Crippen LogP contribution in [0.25, 0.3) is 0 Å². The highest BCUT2D eigenvalue weighted by Crippen LogP contribution is 2.36. The molecule has 2 unspecified atom stereocenters. The van der Waals surface area contributed by atoms with Crippen LogP contribution in [0.3, 0.4) is 0 Å². The molecule has 0 aromatic carbocycles. The zero-order valence-electron chi connectivity index (χ0n) is 7.37. The molecule has 2 fully saturated rings. The fraction of sp³-hybridized carbons (Fsp3) is 1.00. The number of hydrogen-bond donors (Lipinski definition) is 1. The largest absolute Gasteiger partial charge is 0.350 e. The molecule has 2 rings (SSSR count). The lowest BCUT2D eigenvalue weighted by molar-refractivity contribution is -0.0922. The van der Waals surface area contributed by atoms with Gasteiger partial charge in [0.25, 0.3) is 0 Å². The third-order valence-electron chi connectivity index (χ3n) is 3.02. The van der Waals surface area contributed by atoms with Crippen LogP contribution in [0.15, 0.2) is 0 Å². The first-order chi connectivity index (χ1) is 5.92. The molecule has 0 bridgehead atoms. The van der Waals surface area contributed by atoms with Crippen LogP contribution in [0.4, 0.5) is 0 Å². The summed E-state index contributed by atoms with van der Waals surface area (Å²) in [5.74, 6) is 1.20. The zero-order chi connectivity index (χ0) is 8.39. The van der Waals surface area contributed by atoms with Crippen molar-refractivity contribution in [3.05, 3.63) is 0 Å². The molecule has 0 radical (unpaired) electrons. The Morgan fingerprint density at radius 3 is 2.58 bits per heavy atom. The van der Waals surface area contributed by atoms with E-state index >= 15 is 0 Å². The maximum atomic E-state index is 5.68. The number of nitrogens with two attached hydrogens (primary N) is 1. The van der Waals surface area contributed by atoms with Gasteiger partial charge in [-0.05, 0) is 25.3 Å². The second kappa shape index (κ2) is 3.73. The van der Waals surface area contributed by atoms with Crippen molar-refractivity contribution in [2.45, 2.75) is 25.6 Å². The molecular formula is C9H17NO2. The fourth-order valence-electron chi connectivity index (χ4n) is 2.34. The van der Waals surface area contributed by atoms with E-state index in [1.54, 1.807) is 0 Å². The standard InChI is InChI=1S/C9H17NO2/c10-6-7-2-1-3-8(7)9-11-4-5-12-9/h7-9H,1-6,10H2. The van der Waals surface area contributed by atoms with Crippen LogP contribution in [-0.4, -0.2) is 26.0 Å². The Morgan fingerprint density at radius 1 is 1.17 bits per heavy atom. The van der Waals surface area contributed by atoms with E-state index < -0.39 is 0 Å². The Balaban J connectivity index is 1.92. The van der Waals surface area contributed by atoms with Crippen LogP contribution in [-0.2, 0) is 9.47 Å². The third kappa shape index (κ3) is 1.49. The number of ether oxygens (including phenoxy) is 2. The maximum absolute atomic E-state index is 5.68. The maximum Gasteiger partial charge on any atom is 0.160 e. The first kappa shape index (κ1) is 8.48. The van der Waals surface area contributed by atoms with Crippen LogP contribution < -0.4 is 5.73 Å². The van der Waals surface area contributed by atoms with E-state index in [0.29, 0.717) is 11.8 Å². The van der Waals surface area contributed by atoms with Crippen molar-refractivity contribution in [2.24, 2.45) is 17.6 Å². The zero-order valence-corrected chi connectivity index (χ0v) is 7.37. The molecule has 70 valence electrons. The number of rotatable bonds is 2. The average Bonchev–Trinajstić information content (AvgIpc) is 2.74. The van der Waals surface area contributed by atoms with E-state index in [-0.39, 0.29) is 6.29 Å². The van der Waals surface area contributed by atoms with Gasteiger partial charge >= 0.3 is 0 Å². The van der Waals surface area contributed by atoms with E-state index in [1.807, 2.05) is 0 Å². The first-order valence-electron chi connectivity index (χ1n) is 4.85. The van der Waals surface area contributed by atoms with Gasteiger partial charge in [0.05, 0.1) is 13.2 Å². The average molecular weight is 171 g/mol. The highest BCUT2D eigenvalue weighted by atomic mass is 16.7. The van der Waals surface area contributed by atoms with Crippen molar-refractivity contribution in [2.75, 3.05) is 19.8 Å². The van der Waals surface area contributed by atoms with Gasteiger partial charge in [0.2, 0.25) is 0 Å². The molecule has 2 N–H and O–H groups in total. The minimum atomic E-state index is 0.0565. The lowest BCUT2D eigenvalue weighted by Crippen LogP contribution is -2.29. The molecule has 1 heterocycles. The summed E-state index contributed by atoms with van der Waals surface area (Å²) in [4.78, 5) is 0. The predicted molar refractivity (Wildman–Crippen MR) is 45.6 cm³/mol. The second-order valence-electron chi connectivity index (χ2n) is 3.70. The summed E-state index contributed by atoms with van der Waals surface area (Å²) in [6.45, 7) is 2.31. The fourth-order valence-corrected chi connectivity index (χ4v) is 2.34. The van der Waals surface area contributed by atoms with Crippen LogP contribution in [0.2, 0.25) is 0 Å². The van der Waals surface area contributed by atoms with Crippen molar-refractivity contribution >= 4 is 0 Å². The highest BCUT2D eigenvalue weighted by Gasteiger charge is 2.35. The predicted octanol–water partition coefficient (Wildman–Crippen LogP) is 0.734. The molecule has 3 heteroatoms. The van der Waals surface area contributed by atoms with Gasteiger partial charge < -0.3 is 15.2 Å². The van der Waals surface area contributed by atoms with Crippen LogP contribution in [0.5, 0.6) is 0 Å². The van der Waals surface area contributed by atoms with Gasteiger partial charge in [0.1, 0.15) is 0 Å². The smallest absolute Gasteiger partial charge is 0.160 e. The van der Waals surface area contributed by atoms with Crippen LogP contribution >= 0.6 is 0 Å². The summed E-state index contributed by atoms with van der Waals surface area (Å²) < 4.78 is 11.0. The minimum absolute atomic E-state index is 0.0565. The molecule has 0 amide bonds. The van der Waals surface area contributed by atoms with Gasteiger partial charge in [-0.25, -0.2) is 0 Å². The van der Waals surface area contributed by atoms with E-state index in [2.05, 4.69) is 0 Å². The topological polar surface area (TPSA) is 44.5 Å². The van der Waals surface area contributed by atoms with Gasteiger partial charge in [-0.1, -0.05) is 6.42 Å². The van der Waals surface area contributed by atoms with Crippen molar-refractivity contribution < 1.29 is 9.47 Å². The SMILES string of the molecule is NCC1CCCC1C1OCCO1. The summed E-state index contributed by atoms with van der Waals surface area (Å²) >= 11 is 0. The summed E-state index contributed by atoms with van der Waals surface area (Å²) in [5, 5.41) is 0. The van der Waals surface area contributed by atoms with Gasteiger partial charge in [0.15, 0.2) is 6.29 Å². The first-order valence-corrected chi connectivity index (χ1v) is 4.85. The molecular weight excluding hydrogens is 154 g/mol. The Bertz CT molecular complexity index is 145. The van der Waals surface area contributed by atoms with Crippen molar-refractivity contribution in [3.63, 3.8) is 0 Å². The molecule has 0 aromatic rings.